The van der Waals surface area contributed by atoms with Gasteiger partial charge in [0.15, 0.2) is 11.2 Å². The molecular formula is C37H40N4O8SSi. The first-order valence-corrected chi connectivity index (χ1v) is 19.9. The molecule has 1 aliphatic heterocycles. The van der Waals surface area contributed by atoms with Crippen molar-refractivity contribution in [3.05, 3.63) is 120 Å². The number of pyridine rings is 1. The van der Waals surface area contributed by atoms with Gasteiger partial charge in [0, 0.05) is 6.20 Å². The molecule has 5 aromatic rings. The number of nitrogens with one attached hydrogen (secondary N) is 1. The fourth-order valence-electron chi connectivity index (χ4n) is 6.90. The molecule has 0 unspecified atom stereocenters. The van der Waals surface area contributed by atoms with E-state index in [1.165, 1.54) is 31.5 Å². The maximum atomic E-state index is 13.5. The maximum absolute atomic E-state index is 13.5. The molecule has 0 radical (unpaired) electrons. The minimum absolute atomic E-state index is 0.0233. The molecule has 1 fully saturated rings. The molecule has 3 heterocycles. The van der Waals surface area contributed by atoms with E-state index in [1.54, 1.807) is 18.2 Å². The van der Waals surface area contributed by atoms with Crippen LogP contribution in [0.2, 0.25) is 5.04 Å². The lowest BCUT2D eigenvalue weighted by atomic mass is 9.89. The molecule has 266 valence electrons. The molecule has 14 heteroatoms. The van der Waals surface area contributed by atoms with E-state index in [4.69, 9.17) is 13.9 Å². The zero-order valence-corrected chi connectivity index (χ0v) is 30.6. The van der Waals surface area contributed by atoms with Gasteiger partial charge in [-0.05, 0) is 46.5 Å². The lowest BCUT2D eigenvalue weighted by molar-refractivity contribution is -0.384. The molecule has 2 atom stereocenters. The van der Waals surface area contributed by atoms with Crippen LogP contribution in [0, 0.1) is 10.1 Å². The molecule has 3 aromatic carbocycles. The van der Waals surface area contributed by atoms with E-state index in [0.717, 1.165) is 20.5 Å². The first-order chi connectivity index (χ1) is 24.3. The third kappa shape index (κ3) is 6.55. The largest absolute Gasteiger partial charge is 0.467 e. The van der Waals surface area contributed by atoms with E-state index in [1.807, 2.05) is 36.4 Å². The summed E-state index contributed by atoms with van der Waals surface area (Å²) in [5, 5.41) is 17.5. The molecule has 1 saturated heterocycles. The predicted molar refractivity (Wildman–Crippen MR) is 196 cm³/mol. The Balaban J connectivity index is 1.31. The molecule has 2 aromatic heterocycles. The molecule has 1 N–H and O–H groups in total. The number of methoxy groups -OCH3 is 1. The highest BCUT2D eigenvalue weighted by molar-refractivity contribution is 7.90. The van der Waals surface area contributed by atoms with E-state index in [-0.39, 0.29) is 46.3 Å². The van der Waals surface area contributed by atoms with Crippen molar-refractivity contribution in [3.8, 4) is 0 Å². The van der Waals surface area contributed by atoms with Crippen molar-refractivity contribution >= 4 is 57.1 Å². The van der Waals surface area contributed by atoms with Gasteiger partial charge in [-0.2, -0.15) is 0 Å². The Kier molecular flexibility index (Phi) is 9.88. The Bertz CT molecular complexity index is 2090. The molecule has 51 heavy (non-hydrogen) atoms. The van der Waals surface area contributed by atoms with Gasteiger partial charge in [0.05, 0.1) is 41.6 Å². The summed E-state index contributed by atoms with van der Waals surface area (Å²) in [7, 11) is -5.72. The number of aromatic nitrogens is 2. The van der Waals surface area contributed by atoms with Crippen molar-refractivity contribution in [1.29, 1.82) is 0 Å². The van der Waals surface area contributed by atoms with Crippen LogP contribution in [0.15, 0.2) is 114 Å². The molecule has 12 nitrogen and oxygen atoms in total. The Morgan fingerprint density at radius 2 is 1.61 bits per heavy atom. The van der Waals surface area contributed by atoms with Crippen molar-refractivity contribution in [2.75, 3.05) is 25.6 Å². The van der Waals surface area contributed by atoms with Gasteiger partial charge in [0.1, 0.15) is 11.9 Å². The second kappa shape index (κ2) is 14.0. The van der Waals surface area contributed by atoms with E-state index in [0.29, 0.717) is 6.42 Å². The van der Waals surface area contributed by atoms with Crippen LogP contribution in [-0.4, -0.2) is 68.6 Å². The van der Waals surface area contributed by atoms with Crippen LogP contribution in [0.5, 0.6) is 0 Å². The number of esters is 1. The summed E-state index contributed by atoms with van der Waals surface area (Å²) < 4.78 is 46.6. The summed E-state index contributed by atoms with van der Waals surface area (Å²) in [4.78, 5) is 29.3. The number of anilines is 1. The SMILES string of the molecule is COC(=O)[C@@]1(Nc2c([N+](=O)[O-])cnc3c2ccn3S(=O)(=O)c2ccccc2)CC[C@@H](CO[Si](c2ccccc2)(c2ccccc2)C(C)(C)C)OC1. The highest BCUT2D eigenvalue weighted by Gasteiger charge is 2.51. The molecule has 0 amide bonds. The van der Waals surface area contributed by atoms with Crippen LogP contribution < -0.4 is 15.7 Å². The topological polar surface area (TPSA) is 152 Å². The number of rotatable bonds is 11. The summed E-state index contributed by atoms with van der Waals surface area (Å²) in [6.07, 6.45) is 2.44. The van der Waals surface area contributed by atoms with Crippen molar-refractivity contribution in [2.45, 2.75) is 55.2 Å². The van der Waals surface area contributed by atoms with Gasteiger partial charge in [-0.1, -0.05) is 99.6 Å². The van der Waals surface area contributed by atoms with E-state index in [9.17, 15) is 23.3 Å². The second-order valence-corrected chi connectivity index (χ2v) is 19.7. The Hall–Kier alpha value is -4.89. The maximum Gasteiger partial charge on any atom is 0.333 e. The van der Waals surface area contributed by atoms with Crippen LogP contribution in [-0.2, 0) is 28.7 Å². The Morgan fingerprint density at radius 1 is 1.02 bits per heavy atom. The monoisotopic (exact) mass is 728 g/mol. The van der Waals surface area contributed by atoms with Crippen molar-refractivity contribution in [3.63, 3.8) is 0 Å². The normalized spacial score (nSPS) is 18.3. The van der Waals surface area contributed by atoms with Crippen LogP contribution in [0.25, 0.3) is 11.0 Å². The Morgan fingerprint density at radius 3 is 2.12 bits per heavy atom. The summed E-state index contributed by atoms with van der Waals surface area (Å²) in [5.41, 5.74) is -2.07. The van der Waals surface area contributed by atoms with E-state index in [2.05, 4.69) is 55.3 Å². The number of benzene rings is 3. The minimum Gasteiger partial charge on any atom is -0.467 e. The van der Waals surface area contributed by atoms with Gasteiger partial charge in [-0.3, -0.25) is 10.1 Å². The van der Waals surface area contributed by atoms with Crippen LogP contribution >= 0.6 is 0 Å². The highest BCUT2D eigenvalue weighted by Crippen LogP contribution is 2.40. The number of carbonyl (C=O) groups excluding carboxylic acids is 1. The number of nitro groups is 1. The van der Waals surface area contributed by atoms with Gasteiger partial charge in [-0.15, -0.1) is 0 Å². The first kappa shape index (κ1) is 35.9. The molecular weight excluding hydrogens is 689 g/mol. The summed E-state index contributed by atoms with van der Waals surface area (Å²) in [5.74, 6) is -0.676. The zero-order chi connectivity index (χ0) is 36.4. The number of nitrogens with zero attached hydrogens (tertiary/aromatic N) is 3. The van der Waals surface area contributed by atoms with E-state index < -0.39 is 46.6 Å². The summed E-state index contributed by atoms with van der Waals surface area (Å²) in [6.45, 7) is 6.64. The van der Waals surface area contributed by atoms with Crippen LogP contribution in [0.4, 0.5) is 11.4 Å². The quantitative estimate of drug-likeness (QED) is 0.0826. The van der Waals surface area contributed by atoms with Crippen molar-refractivity contribution in [2.24, 2.45) is 0 Å². The third-order valence-corrected chi connectivity index (χ3v) is 16.1. The lowest BCUT2D eigenvalue weighted by Crippen LogP contribution is -2.67. The number of hydrogen-bond donors (Lipinski definition) is 1. The Labute approximate surface area is 297 Å². The van der Waals surface area contributed by atoms with Crippen molar-refractivity contribution < 1.29 is 32.0 Å². The summed E-state index contributed by atoms with van der Waals surface area (Å²) in [6, 6.07) is 29.7. The van der Waals surface area contributed by atoms with Gasteiger partial charge >= 0.3 is 11.7 Å². The number of hydrogen-bond acceptors (Lipinski definition) is 10. The average Bonchev–Trinajstić information content (AvgIpc) is 3.59. The van der Waals surface area contributed by atoms with Gasteiger partial charge in [-0.25, -0.2) is 22.2 Å². The third-order valence-electron chi connectivity index (χ3n) is 9.46. The smallest absolute Gasteiger partial charge is 0.333 e. The second-order valence-electron chi connectivity index (χ2n) is 13.6. The van der Waals surface area contributed by atoms with Crippen LogP contribution in [0.1, 0.15) is 33.6 Å². The highest BCUT2D eigenvalue weighted by atomic mass is 32.2. The number of ether oxygens (including phenoxy) is 2. The molecule has 0 aliphatic carbocycles. The van der Waals surface area contributed by atoms with Crippen molar-refractivity contribution in [1.82, 2.24) is 8.96 Å². The molecule has 6 rings (SSSR count). The predicted octanol–water partition coefficient (Wildman–Crippen LogP) is 5.26. The minimum atomic E-state index is -4.09. The lowest BCUT2D eigenvalue weighted by Gasteiger charge is -2.45. The fraction of sp³-hybridized carbons (Fsp3) is 0.297. The zero-order valence-electron chi connectivity index (χ0n) is 28.8. The first-order valence-electron chi connectivity index (χ1n) is 16.5. The molecule has 0 saturated carbocycles. The molecule has 0 bridgehead atoms. The number of carbonyl (C=O) groups is 1. The average molecular weight is 729 g/mol. The van der Waals surface area contributed by atoms with E-state index >= 15 is 0 Å². The van der Waals surface area contributed by atoms with Crippen LogP contribution in [0.3, 0.4) is 0 Å². The summed E-state index contributed by atoms with van der Waals surface area (Å²) >= 11 is 0. The van der Waals surface area contributed by atoms with Gasteiger partial charge < -0.3 is 19.2 Å². The fourth-order valence-corrected chi connectivity index (χ4v) is 12.8. The standard InChI is InChI=1S/C37H40N4O8SSi/c1-36(2,3)51(29-16-10-6-11-17-29,30-18-12-7-13-19-30)49-25-27-20-22-37(26-48-27,35(42)47-4)39-33-31-21-23-40(34(31)38-24-32(33)41(43)44)50(45,46)28-14-8-5-9-15-28/h5-19,21,23-24,27H,20,22,25-26H2,1-4H3,(H,38,39)/t27-,37+/m0/s1. The molecule has 0 spiro atoms. The molecule has 1 aliphatic rings. The number of fused-ring (bicyclic) bond motifs is 1. The van der Waals surface area contributed by atoms with Gasteiger partial charge in [0.2, 0.25) is 0 Å². The van der Waals surface area contributed by atoms with Gasteiger partial charge in [0.25, 0.3) is 18.3 Å².